The smallest absolute Gasteiger partial charge is 0.140 e. The van der Waals surface area contributed by atoms with E-state index in [-0.39, 0.29) is 0 Å². The molecule has 0 atom stereocenters. The molecule has 5 nitrogen and oxygen atoms in total. The van der Waals surface area contributed by atoms with E-state index >= 15 is 0 Å². The van der Waals surface area contributed by atoms with Crippen molar-refractivity contribution < 1.29 is 0 Å². The first-order chi connectivity index (χ1) is 8.81. The first-order valence-corrected chi connectivity index (χ1v) is 5.77. The van der Waals surface area contributed by atoms with Crippen molar-refractivity contribution in [3.63, 3.8) is 0 Å². The normalized spacial score (nSPS) is 10.7. The van der Waals surface area contributed by atoms with Gasteiger partial charge in [-0.3, -0.25) is 0 Å². The van der Waals surface area contributed by atoms with Gasteiger partial charge in [-0.05, 0) is 29.6 Å². The van der Waals surface area contributed by atoms with Crippen LogP contribution in [0.25, 0.3) is 27.4 Å². The van der Waals surface area contributed by atoms with Crippen LogP contribution in [0.1, 0.15) is 12.0 Å². The van der Waals surface area contributed by atoms with Crippen LogP contribution in [0.3, 0.4) is 0 Å². The molecule has 0 aliphatic heterocycles. The Balaban J connectivity index is 2.19. The zero-order valence-electron chi connectivity index (χ0n) is 9.49. The maximum atomic E-state index is 8.14. The van der Waals surface area contributed by atoms with Gasteiger partial charge in [-0.15, -0.1) is 0 Å². The number of fused-ring (bicyclic) bond motifs is 1. The van der Waals surface area contributed by atoms with Crippen molar-refractivity contribution in [1.82, 2.24) is 9.97 Å². The fraction of sp³-hybridized carbons (Fsp3) is 0.167. The van der Waals surface area contributed by atoms with Crippen LogP contribution >= 0.6 is 11.6 Å². The molecule has 1 heterocycles. The number of azide groups is 1. The van der Waals surface area contributed by atoms with Gasteiger partial charge < -0.3 is 0 Å². The summed E-state index contributed by atoms with van der Waals surface area (Å²) in [6.45, 7) is 0.463. The lowest BCUT2D eigenvalue weighted by atomic mass is 10.1. The molecule has 2 aromatic rings. The van der Waals surface area contributed by atoms with Crippen molar-refractivity contribution in [3.8, 4) is 0 Å². The van der Waals surface area contributed by atoms with E-state index in [0.717, 1.165) is 16.5 Å². The molecular weight excluding hydrogens is 250 g/mol. The third-order valence-corrected chi connectivity index (χ3v) is 2.68. The molecule has 90 valence electrons. The van der Waals surface area contributed by atoms with Gasteiger partial charge in [-0.1, -0.05) is 34.9 Å². The molecule has 0 N–H and O–H groups in total. The Kier molecular flexibility index (Phi) is 4.12. The Hall–Kier alpha value is -2.10. The summed E-state index contributed by atoms with van der Waals surface area (Å²) in [5, 5.41) is 4.73. The van der Waals surface area contributed by atoms with Gasteiger partial charge in [0.2, 0.25) is 0 Å². The first kappa shape index (κ1) is 12.4. The molecule has 0 bridgehead atoms. The van der Waals surface area contributed by atoms with E-state index in [4.69, 9.17) is 17.1 Å². The summed E-state index contributed by atoms with van der Waals surface area (Å²) < 4.78 is 0. The Morgan fingerprint density at radius 1 is 1.39 bits per heavy atom. The fourth-order valence-corrected chi connectivity index (χ4v) is 1.74. The van der Waals surface area contributed by atoms with Gasteiger partial charge in [0.15, 0.2) is 0 Å². The predicted octanol–water partition coefficient (Wildman–Crippen LogP) is 4.00. The van der Waals surface area contributed by atoms with Gasteiger partial charge in [0.1, 0.15) is 11.5 Å². The van der Waals surface area contributed by atoms with Crippen molar-refractivity contribution in [2.45, 2.75) is 6.42 Å². The fourth-order valence-electron chi connectivity index (χ4n) is 1.54. The molecule has 2 rings (SSSR count). The molecule has 0 radical (unpaired) electrons. The molecule has 0 saturated carbocycles. The van der Waals surface area contributed by atoms with Gasteiger partial charge in [-0.25, -0.2) is 9.97 Å². The summed E-state index contributed by atoms with van der Waals surface area (Å²) in [6, 6.07) is 5.79. The predicted molar refractivity (Wildman–Crippen MR) is 72.2 cm³/mol. The molecule has 0 saturated heterocycles. The van der Waals surface area contributed by atoms with Crippen molar-refractivity contribution in [3.05, 3.63) is 51.8 Å². The monoisotopic (exact) mass is 259 g/mol. The number of rotatable bonds is 4. The summed E-state index contributed by atoms with van der Waals surface area (Å²) in [6.07, 6.45) is 6.06. The molecule has 0 fully saturated rings. The molecule has 18 heavy (non-hydrogen) atoms. The highest BCUT2D eigenvalue weighted by Gasteiger charge is 2.00. The molecule has 0 aliphatic carbocycles. The van der Waals surface area contributed by atoms with Crippen molar-refractivity contribution >= 4 is 28.6 Å². The van der Waals surface area contributed by atoms with Gasteiger partial charge >= 0.3 is 0 Å². The third kappa shape index (κ3) is 2.97. The van der Waals surface area contributed by atoms with E-state index in [1.54, 1.807) is 0 Å². The Morgan fingerprint density at radius 2 is 2.28 bits per heavy atom. The minimum atomic E-state index is 0.448. The molecule has 1 aromatic carbocycles. The second-order valence-electron chi connectivity index (χ2n) is 3.59. The molecule has 0 spiro atoms. The lowest BCUT2D eigenvalue weighted by Gasteiger charge is -2.00. The number of hydrogen-bond donors (Lipinski definition) is 0. The van der Waals surface area contributed by atoms with Crippen LogP contribution < -0.4 is 0 Å². The van der Waals surface area contributed by atoms with Crippen LogP contribution in [-0.4, -0.2) is 16.5 Å². The number of aromatic nitrogens is 2. The highest BCUT2D eigenvalue weighted by Crippen LogP contribution is 2.21. The highest BCUT2D eigenvalue weighted by atomic mass is 35.5. The minimum Gasteiger partial charge on any atom is -0.236 e. The van der Waals surface area contributed by atoms with Crippen molar-refractivity contribution in [2.75, 3.05) is 6.54 Å². The lowest BCUT2D eigenvalue weighted by molar-refractivity contribution is 0.996. The summed E-state index contributed by atoms with van der Waals surface area (Å²) in [4.78, 5) is 10.8. The molecule has 6 heteroatoms. The van der Waals surface area contributed by atoms with Crippen LogP contribution in [0.4, 0.5) is 0 Å². The second-order valence-corrected chi connectivity index (χ2v) is 3.94. The molecule has 0 amide bonds. The maximum absolute atomic E-state index is 8.14. The van der Waals surface area contributed by atoms with Crippen LogP contribution in [0.5, 0.6) is 0 Å². The van der Waals surface area contributed by atoms with Crippen LogP contribution in [0.15, 0.2) is 35.7 Å². The third-order valence-electron chi connectivity index (χ3n) is 2.38. The Morgan fingerprint density at radius 3 is 3.11 bits per heavy atom. The molecule has 1 aromatic heterocycles. The van der Waals surface area contributed by atoms with Crippen LogP contribution in [0, 0.1) is 0 Å². The summed E-state index contributed by atoms with van der Waals surface area (Å²) in [5.41, 5.74) is 9.97. The summed E-state index contributed by atoms with van der Waals surface area (Å²) in [5.74, 6) is 0. The Bertz CT molecular complexity index is 631. The minimum absolute atomic E-state index is 0.448. The second kappa shape index (κ2) is 6.00. The lowest BCUT2D eigenvalue weighted by Crippen LogP contribution is -1.84. The van der Waals surface area contributed by atoms with Crippen molar-refractivity contribution in [1.29, 1.82) is 0 Å². The standard InChI is InChI=1S/C12H10ClN5/c13-12-10-7-9(3-1-2-6-17-18-14)4-5-11(10)15-8-16-12/h1,3-5,7-8H,2,6H2. The number of nitrogens with zero attached hydrogens (tertiary/aromatic N) is 5. The van der Waals surface area contributed by atoms with E-state index in [9.17, 15) is 0 Å². The highest BCUT2D eigenvalue weighted by molar-refractivity contribution is 6.34. The maximum Gasteiger partial charge on any atom is 0.140 e. The average molecular weight is 260 g/mol. The van der Waals surface area contributed by atoms with Crippen molar-refractivity contribution in [2.24, 2.45) is 5.11 Å². The molecule has 0 unspecified atom stereocenters. The number of benzene rings is 1. The van der Waals surface area contributed by atoms with Gasteiger partial charge in [0, 0.05) is 16.8 Å². The largest absolute Gasteiger partial charge is 0.236 e. The summed E-state index contributed by atoms with van der Waals surface area (Å²) in [7, 11) is 0. The average Bonchev–Trinajstić information content (AvgIpc) is 2.39. The zero-order chi connectivity index (χ0) is 12.8. The van der Waals surface area contributed by atoms with Gasteiger partial charge in [-0.2, -0.15) is 0 Å². The van der Waals surface area contributed by atoms with Gasteiger partial charge in [0.05, 0.1) is 5.52 Å². The van der Waals surface area contributed by atoms with E-state index in [0.29, 0.717) is 18.1 Å². The quantitative estimate of drug-likeness (QED) is 0.274. The number of halogens is 1. The molecular formula is C12H10ClN5. The molecule has 0 aliphatic rings. The summed E-state index contributed by atoms with van der Waals surface area (Å²) >= 11 is 6.00. The zero-order valence-corrected chi connectivity index (χ0v) is 10.2. The van der Waals surface area contributed by atoms with Gasteiger partial charge in [0.25, 0.3) is 0 Å². The van der Waals surface area contributed by atoms with E-state index in [1.807, 2.05) is 30.4 Å². The van der Waals surface area contributed by atoms with E-state index in [1.165, 1.54) is 6.33 Å². The SMILES string of the molecule is [N-]=[N+]=NCCC=Cc1ccc2ncnc(Cl)c2c1. The van der Waals surface area contributed by atoms with E-state index in [2.05, 4.69) is 20.0 Å². The Labute approximate surface area is 109 Å². The van der Waals surface area contributed by atoms with E-state index < -0.39 is 0 Å². The topological polar surface area (TPSA) is 74.5 Å². The first-order valence-electron chi connectivity index (χ1n) is 5.39. The number of hydrogen-bond acceptors (Lipinski definition) is 3. The van der Waals surface area contributed by atoms with Crippen LogP contribution in [0.2, 0.25) is 5.15 Å². The van der Waals surface area contributed by atoms with Crippen LogP contribution in [-0.2, 0) is 0 Å².